The third kappa shape index (κ3) is 3.27. The van der Waals surface area contributed by atoms with Crippen molar-refractivity contribution in [1.29, 1.82) is 0 Å². The molecule has 1 aromatic rings. The topological polar surface area (TPSA) is 15.3 Å². The lowest BCUT2D eigenvalue weighted by Gasteiger charge is -2.36. The fourth-order valence-corrected chi connectivity index (χ4v) is 2.47. The fraction of sp³-hybridized carbons (Fsp3) is 0.571. The van der Waals surface area contributed by atoms with Crippen LogP contribution < -0.4 is 5.32 Å². The molecular weight excluding hydrogens is 215 g/mol. The Bertz CT molecular complexity index is 367. The molecule has 0 saturated carbocycles. The van der Waals surface area contributed by atoms with Crippen molar-refractivity contribution in [1.82, 2.24) is 10.2 Å². The van der Waals surface area contributed by atoms with Crippen molar-refractivity contribution in [3.05, 3.63) is 35.6 Å². The van der Waals surface area contributed by atoms with Crippen molar-refractivity contribution in [2.75, 3.05) is 19.6 Å². The van der Waals surface area contributed by atoms with E-state index in [1.807, 2.05) is 12.1 Å². The van der Waals surface area contributed by atoms with Gasteiger partial charge in [-0.3, -0.25) is 4.90 Å². The molecule has 0 aliphatic carbocycles. The summed E-state index contributed by atoms with van der Waals surface area (Å²) in [4.78, 5) is 2.44. The first-order valence-corrected chi connectivity index (χ1v) is 6.37. The van der Waals surface area contributed by atoms with Gasteiger partial charge in [0.25, 0.3) is 0 Å². The quantitative estimate of drug-likeness (QED) is 0.864. The Morgan fingerprint density at radius 3 is 2.94 bits per heavy atom. The van der Waals surface area contributed by atoms with E-state index in [0.717, 1.165) is 31.6 Å². The van der Waals surface area contributed by atoms with Gasteiger partial charge in [-0.25, -0.2) is 4.39 Å². The number of nitrogens with one attached hydrogen (secondary N) is 1. The predicted octanol–water partition coefficient (Wildman–Crippen LogP) is 2.05. The molecule has 0 radical (unpaired) electrons. The first-order chi connectivity index (χ1) is 8.16. The van der Waals surface area contributed by atoms with Crippen molar-refractivity contribution in [3.8, 4) is 0 Å². The molecule has 94 valence electrons. The van der Waals surface area contributed by atoms with Gasteiger partial charge in [0.1, 0.15) is 5.82 Å². The summed E-state index contributed by atoms with van der Waals surface area (Å²) in [7, 11) is 0. The first kappa shape index (κ1) is 12.5. The Labute approximate surface area is 103 Å². The average Bonchev–Trinajstić information content (AvgIpc) is 2.32. The van der Waals surface area contributed by atoms with Gasteiger partial charge in [-0.15, -0.1) is 0 Å². The highest BCUT2D eigenvalue weighted by molar-refractivity contribution is 5.18. The molecule has 1 N–H and O–H groups in total. The smallest absolute Gasteiger partial charge is 0.126 e. The molecule has 1 heterocycles. The second-order valence-electron chi connectivity index (χ2n) is 4.99. The summed E-state index contributed by atoms with van der Waals surface area (Å²) in [6.45, 7) is 7.52. The van der Waals surface area contributed by atoms with Crippen molar-refractivity contribution in [3.63, 3.8) is 0 Å². The summed E-state index contributed by atoms with van der Waals surface area (Å²) in [5, 5.41) is 3.43. The third-order valence-electron chi connectivity index (χ3n) is 3.50. The van der Waals surface area contributed by atoms with Gasteiger partial charge in [0.05, 0.1) is 0 Å². The number of benzene rings is 1. The van der Waals surface area contributed by atoms with Crippen LogP contribution in [0.1, 0.15) is 19.4 Å². The first-order valence-electron chi connectivity index (χ1n) is 6.37. The molecule has 0 aromatic heterocycles. The van der Waals surface area contributed by atoms with Crippen LogP contribution in [-0.4, -0.2) is 36.6 Å². The minimum Gasteiger partial charge on any atom is -0.312 e. The zero-order chi connectivity index (χ0) is 12.3. The Morgan fingerprint density at radius 1 is 1.47 bits per heavy atom. The normalized spacial score (nSPS) is 23.6. The maximum Gasteiger partial charge on any atom is 0.126 e. The van der Waals surface area contributed by atoms with Gasteiger partial charge in [-0.2, -0.15) is 0 Å². The van der Waals surface area contributed by atoms with Gasteiger partial charge in [0.2, 0.25) is 0 Å². The fourth-order valence-electron chi connectivity index (χ4n) is 2.47. The van der Waals surface area contributed by atoms with Crippen LogP contribution in [0.15, 0.2) is 24.3 Å². The van der Waals surface area contributed by atoms with E-state index in [2.05, 4.69) is 24.1 Å². The summed E-state index contributed by atoms with van der Waals surface area (Å²) in [5.74, 6) is -0.0810. The molecule has 1 aliphatic heterocycles. The Kier molecular flexibility index (Phi) is 4.13. The van der Waals surface area contributed by atoms with Crippen molar-refractivity contribution < 1.29 is 4.39 Å². The zero-order valence-corrected chi connectivity index (χ0v) is 10.6. The van der Waals surface area contributed by atoms with Crippen molar-refractivity contribution >= 4 is 0 Å². The molecule has 1 fully saturated rings. The van der Waals surface area contributed by atoms with Gasteiger partial charge < -0.3 is 5.32 Å². The highest BCUT2D eigenvalue weighted by atomic mass is 19.1. The number of hydrogen-bond acceptors (Lipinski definition) is 2. The molecule has 3 heteroatoms. The van der Waals surface area contributed by atoms with E-state index in [-0.39, 0.29) is 5.82 Å². The van der Waals surface area contributed by atoms with E-state index in [1.54, 1.807) is 12.1 Å². The van der Waals surface area contributed by atoms with E-state index < -0.39 is 0 Å². The predicted molar refractivity (Wildman–Crippen MR) is 68.6 cm³/mol. The molecule has 1 saturated heterocycles. The maximum atomic E-state index is 13.6. The van der Waals surface area contributed by atoms with Gasteiger partial charge in [0.15, 0.2) is 0 Å². The lowest BCUT2D eigenvalue weighted by Crippen LogP contribution is -2.52. The lowest BCUT2D eigenvalue weighted by molar-refractivity contribution is 0.157. The van der Waals surface area contributed by atoms with E-state index in [4.69, 9.17) is 0 Å². The zero-order valence-electron chi connectivity index (χ0n) is 10.6. The molecule has 0 spiro atoms. The molecule has 17 heavy (non-hydrogen) atoms. The van der Waals surface area contributed by atoms with Gasteiger partial charge in [-0.05, 0) is 31.9 Å². The van der Waals surface area contributed by atoms with Crippen LogP contribution in [0.3, 0.4) is 0 Å². The second-order valence-corrected chi connectivity index (χ2v) is 4.99. The summed E-state index contributed by atoms with van der Waals surface area (Å²) in [5.41, 5.74) is 0.825. The minimum atomic E-state index is -0.0810. The van der Waals surface area contributed by atoms with Crippen LogP contribution in [0.4, 0.5) is 4.39 Å². The number of nitrogens with zero attached hydrogens (tertiary/aromatic N) is 1. The van der Waals surface area contributed by atoms with Crippen LogP contribution in [0.5, 0.6) is 0 Å². The van der Waals surface area contributed by atoms with Crippen molar-refractivity contribution in [2.24, 2.45) is 0 Å². The molecular formula is C14H21FN2. The number of halogens is 1. The summed E-state index contributed by atoms with van der Waals surface area (Å²) < 4.78 is 13.6. The maximum absolute atomic E-state index is 13.6. The molecule has 2 nitrogen and oxygen atoms in total. The molecule has 1 aliphatic rings. The van der Waals surface area contributed by atoms with Crippen LogP contribution >= 0.6 is 0 Å². The van der Waals surface area contributed by atoms with Gasteiger partial charge in [-0.1, -0.05) is 18.2 Å². The van der Waals surface area contributed by atoms with Gasteiger partial charge in [0, 0.05) is 31.7 Å². The Balaban J connectivity index is 1.96. The van der Waals surface area contributed by atoms with E-state index in [1.165, 1.54) is 0 Å². The SMILES string of the molecule is CC1CN(C(C)Cc2ccccc2F)CCN1. The largest absolute Gasteiger partial charge is 0.312 e. The molecule has 0 bridgehead atoms. The summed E-state index contributed by atoms with van der Waals surface area (Å²) in [6, 6.07) is 8.02. The van der Waals surface area contributed by atoms with E-state index >= 15 is 0 Å². The summed E-state index contributed by atoms with van der Waals surface area (Å²) >= 11 is 0. The molecule has 1 aromatic carbocycles. The third-order valence-corrected chi connectivity index (χ3v) is 3.50. The van der Waals surface area contributed by atoms with E-state index in [0.29, 0.717) is 12.1 Å². The number of piperazine rings is 1. The lowest BCUT2D eigenvalue weighted by atomic mass is 10.0. The van der Waals surface area contributed by atoms with Crippen LogP contribution in [0.25, 0.3) is 0 Å². The molecule has 2 atom stereocenters. The molecule has 2 rings (SSSR count). The molecule has 2 unspecified atom stereocenters. The molecule has 0 amide bonds. The number of rotatable bonds is 3. The highest BCUT2D eigenvalue weighted by Gasteiger charge is 2.21. The van der Waals surface area contributed by atoms with Crippen LogP contribution in [0.2, 0.25) is 0 Å². The van der Waals surface area contributed by atoms with Crippen LogP contribution in [0, 0.1) is 5.82 Å². The number of hydrogen-bond donors (Lipinski definition) is 1. The second kappa shape index (κ2) is 5.61. The van der Waals surface area contributed by atoms with Gasteiger partial charge >= 0.3 is 0 Å². The van der Waals surface area contributed by atoms with Crippen molar-refractivity contribution in [2.45, 2.75) is 32.4 Å². The average molecular weight is 236 g/mol. The standard InChI is InChI=1S/C14H21FN2/c1-11-10-17(8-7-16-11)12(2)9-13-5-3-4-6-14(13)15/h3-6,11-12,16H,7-10H2,1-2H3. The summed E-state index contributed by atoms with van der Waals surface area (Å²) in [6.07, 6.45) is 0.791. The van der Waals surface area contributed by atoms with Crippen LogP contribution in [-0.2, 0) is 6.42 Å². The Hall–Kier alpha value is -0.930. The van der Waals surface area contributed by atoms with E-state index in [9.17, 15) is 4.39 Å². The highest BCUT2D eigenvalue weighted by Crippen LogP contribution is 2.13. The Morgan fingerprint density at radius 2 is 2.24 bits per heavy atom. The monoisotopic (exact) mass is 236 g/mol. The minimum absolute atomic E-state index is 0.0810.